The van der Waals surface area contributed by atoms with Gasteiger partial charge in [0.25, 0.3) is 0 Å². The van der Waals surface area contributed by atoms with Crippen LogP contribution in [0.2, 0.25) is 5.02 Å². The molecular formula is C13H10ClFN2O2. The lowest BCUT2D eigenvalue weighted by Gasteiger charge is -2.08. The summed E-state index contributed by atoms with van der Waals surface area (Å²) in [5.41, 5.74) is 0.801. The molecule has 2 aromatic carbocycles. The van der Waals surface area contributed by atoms with Crippen LogP contribution >= 0.6 is 11.6 Å². The summed E-state index contributed by atoms with van der Waals surface area (Å²) in [6, 6.07) is 9.44. The molecule has 0 aliphatic heterocycles. The topological polar surface area (TPSA) is 61.4 Å². The standard InChI is InChI=1S/C13H10ClFN2O2/c14-11-7-9(4-5-12(11)15)17-13(19)16-8-2-1-3-10(18)6-8/h1-7,18H,(H2,16,17,19). The molecule has 0 unspecified atom stereocenters. The smallest absolute Gasteiger partial charge is 0.323 e. The predicted molar refractivity (Wildman–Crippen MR) is 72.2 cm³/mol. The zero-order valence-corrected chi connectivity index (χ0v) is 10.4. The quantitative estimate of drug-likeness (QED) is 0.783. The van der Waals surface area contributed by atoms with Crippen LogP contribution in [0.15, 0.2) is 42.5 Å². The normalized spacial score (nSPS) is 10.0. The zero-order valence-electron chi connectivity index (χ0n) is 9.65. The number of rotatable bonds is 2. The molecule has 0 heterocycles. The second-order valence-electron chi connectivity index (χ2n) is 3.76. The fourth-order valence-corrected chi connectivity index (χ4v) is 1.63. The molecule has 3 N–H and O–H groups in total. The molecule has 0 saturated heterocycles. The largest absolute Gasteiger partial charge is 0.508 e. The third-order valence-electron chi connectivity index (χ3n) is 2.28. The molecule has 98 valence electrons. The lowest BCUT2D eigenvalue weighted by atomic mass is 10.3. The first-order chi connectivity index (χ1) is 9.04. The number of phenols is 1. The van der Waals surface area contributed by atoms with E-state index in [0.29, 0.717) is 11.4 Å². The van der Waals surface area contributed by atoms with Gasteiger partial charge in [-0.25, -0.2) is 9.18 Å². The summed E-state index contributed by atoms with van der Waals surface area (Å²) in [6.45, 7) is 0. The summed E-state index contributed by atoms with van der Waals surface area (Å²) in [5, 5.41) is 14.2. The van der Waals surface area contributed by atoms with Crippen molar-refractivity contribution in [2.45, 2.75) is 0 Å². The van der Waals surface area contributed by atoms with Crippen LogP contribution < -0.4 is 10.6 Å². The second kappa shape index (κ2) is 5.58. The Bertz CT molecular complexity index is 619. The average Bonchev–Trinajstić information content (AvgIpc) is 2.34. The number of carbonyl (C=O) groups is 1. The predicted octanol–water partition coefficient (Wildman–Crippen LogP) is 3.83. The van der Waals surface area contributed by atoms with Crippen molar-refractivity contribution < 1.29 is 14.3 Å². The van der Waals surface area contributed by atoms with E-state index < -0.39 is 11.8 Å². The zero-order chi connectivity index (χ0) is 13.8. The van der Waals surface area contributed by atoms with Gasteiger partial charge in [0.1, 0.15) is 11.6 Å². The van der Waals surface area contributed by atoms with Gasteiger partial charge in [0.05, 0.1) is 5.02 Å². The van der Waals surface area contributed by atoms with Crippen LogP contribution in [-0.2, 0) is 0 Å². The molecule has 19 heavy (non-hydrogen) atoms. The molecule has 0 atom stereocenters. The summed E-state index contributed by atoms with van der Waals surface area (Å²) in [7, 11) is 0. The molecule has 2 aromatic rings. The Morgan fingerprint density at radius 3 is 2.42 bits per heavy atom. The van der Waals surface area contributed by atoms with Gasteiger partial charge in [0, 0.05) is 17.4 Å². The fourth-order valence-electron chi connectivity index (χ4n) is 1.45. The van der Waals surface area contributed by atoms with E-state index in [9.17, 15) is 14.3 Å². The van der Waals surface area contributed by atoms with Crippen LogP contribution in [-0.4, -0.2) is 11.1 Å². The Morgan fingerprint density at radius 1 is 1.11 bits per heavy atom. The maximum atomic E-state index is 12.9. The number of benzene rings is 2. The number of anilines is 2. The average molecular weight is 281 g/mol. The maximum Gasteiger partial charge on any atom is 0.323 e. The highest BCUT2D eigenvalue weighted by Gasteiger charge is 2.05. The lowest BCUT2D eigenvalue weighted by molar-refractivity contribution is 0.262. The number of phenolic OH excluding ortho intramolecular Hbond substituents is 1. The molecule has 0 aliphatic rings. The Balaban J connectivity index is 2.03. The van der Waals surface area contributed by atoms with Crippen molar-refractivity contribution in [2.75, 3.05) is 10.6 Å². The molecule has 2 rings (SSSR count). The van der Waals surface area contributed by atoms with E-state index in [1.807, 2.05) is 0 Å². The number of nitrogens with one attached hydrogen (secondary N) is 2. The van der Waals surface area contributed by atoms with Crippen LogP contribution in [0.1, 0.15) is 0 Å². The highest BCUT2D eigenvalue weighted by atomic mass is 35.5. The van der Waals surface area contributed by atoms with Gasteiger partial charge in [-0.15, -0.1) is 0 Å². The van der Waals surface area contributed by atoms with Crippen molar-refractivity contribution in [3.05, 3.63) is 53.3 Å². The van der Waals surface area contributed by atoms with E-state index in [0.717, 1.165) is 6.07 Å². The third-order valence-corrected chi connectivity index (χ3v) is 2.57. The van der Waals surface area contributed by atoms with Gasteiger partial charge in [-0.3, -0.25) is 0 Å². The summed E-state index contributed by atoms with van der Waals surface area (Å²) in [6.07, 6.45) is 0. The molecule has 0 spiro atoms. The first-order valence-corrected chi connectivity index (χ1v) is 5.74. The van der Waals surface area contributed by atoms with Gasteiger partial charge < -0.3 is 15.7 Å². The van der Waals surface area contributed by atoms with E-state index in [-0.39, 0.29) is 10.8 Å². The van der Waals surface area contributed by atoms with E-state index in [2.05, 4.69) is 10.6 Å². The number of halogens is 2. The summed E-state index contributed by atoms with van der Waals surface area (Å²) >= 11 is 5.60. The Morgan fingerprint density at radius 2 is 1.79 bits per heavy atom. The highest BCUT2D eigenvalue weighted by Crippen LogP contribution is 2.20. The van der Waals surface area contributed by atoms with Crippen molar-refractivity contribution in [2.24, 2.45) is 0 Å². The van der Waals surface area contributed by atoms with Gasteiger partial charge in [-0.1, -0.05) is 17.7 Å². The molecule has 4 nitrogen and oxygen atoms in total. The number of aromatic hydroxyl groups is 1. The first-order valence-electron chi connectivity index (χ1n) is 5.37. The van der Waals surface area contributed by atoms with E-state index in [1.54, 1.807) is 12.1 Å². The minimum atomic E-state index is -0.555. The van der Waals surface area contributed by atoms with Gasteiger partial charge in [-0.2, -0.15) is 0 Å². The molecule has 0 radical (unpaired) electrons. The molecule has 0 aromatic heterocycles. The van der Waals surface area contributed by atoms with Crippen molar-refractivity contribution in [1.29, 1.82) is 0 Å². The SMILES string of the molecule is O=C(Nc1cccc(O)c1)Nc1ccc(F)c(Cl)c1. The van der Waals surface area contributed by atoms with Crippen LogP contribution in [0.4, 0.5) is 20.6 Å². The molecule has 0 fully saturated rings. The summed E-state index contributed by atoms with van der Waals surface area (Å²) in [4.78, 5) is 11.6. The number of hydrogen-bond acceptors (Lipinski definition) is 2. The first kappa shape index (κ1) is 13.2. The van der Waals surface area contributed by atoms with Crippen LogP contribution in [0.3, 0.4) is 0 Å². The molecule has 2 amide bonds. The highest BCUT2D eigenvalue weighted by molar-refractivity contribution is 6.31. The Hall–Kier alpha value is -2.27. The minimum absolute atomic E-state index is 0.0441. The van der Waals surface area contributed by atoms with Gasteiger partial charge in [0.15, 0.2) is 0 Å². The molecule has 0 saturated carbocycles. The third kappa shape index (κ3) is 3.59. The number of urea groups is 1. The van der Waals surface area contributed by atoms with Gasteiger partial charge in [0.2, 0.25) is 0 Å². The fraction of sp³-hybridized carbons (Fsp3) is 0. The molecule has 0 bridgehead atoms. The van der Waals surface area contributed by atoms with Gasteiger partial charge in [-0.05, 0) is 30.3 Å². The minimum Gasteiger partial charge on any atom is -0.508 e. The molecule has 6 heteroatoms. The van der Waals surface area contributed by atoms with Crippen LogP contribution in [0.5, 0.6) is 5.75 Å². The monoisotopic (exact) mass is 280 g/mol. The summed E-state index contributed by atoms with van der Waals surface area (Å²) in [5.74, 6) is -0.511. The van der Waals surface area contributed by atoms with Crippen molar-refractivity contribution in [1.82, 2.24) is 0 Å². The van der Waals surface area contributed by atoms with Crippen molar-refractivity contribution >= 4 is 29.0 Å². The number of amides is 2. The second-order valence-corrected chi connectivity index (χ2v) is 4.17. The summed E-state index contributed by atoms with van der Waals surface area (Å²) < 4.78 is 12.9. The Kier molecular flexibility index (Phi) is 3.87. The Labute approximate surface area is 113 Å². The van der Waals surface area contributed by atoms with Crippen LogP contribution in [0.25, 0.3) is 0 Å². The number of hydrogen-bond donors (Lipinski definition) is 3. The lowest BCUT2D eigenvalue weighted by Crippen LogP contribution is -2.19. The van der Waals surface area contributed by atoms with Crippen LogP contribution in [0, 0.1) is 5.82 Å². The number of carbonyl (C=O) groups excluding carboxylic acids is 1. The van der Waals surface area contributed by atoms with Crippen molar-refractivity contribution in [3.63, 3.8) is 0 Å². The van der Waals surface area contributed by atoms with Crippen molar-refractivity contribution in [3.8, 4) is 5.75 Å². The molecule has 0 aliphatic carbocycles. The maximum absolute atomic E-state index is 12.9. The van der Waals surface area contributed by atoms with E-state index in [4.69, 9.17) is 11.6 Å². The van der Waals surface area contributed by atoms with Gasteiger partial charge >= 0.3 is 6.03 Å². The molecular weight excluding hydrogens is 271 g/mol. The van der Waals surface area contributed by atoms with E-state index >= 15 is 0 Å². The van der Waals surface area contributed by atoms with E-state index in [1.165, 1.54) is 24.3 Å².